The number of hydrogen-bond donors (Lipinski definition) is 1. The molecule has 0 bridgehead atoms. The molecule has 0 aliphatic rings. The van der Waals surface area contributed by atoms with Gasteiger partial charge in [-0.2, -0.15) is 0 Å². The minimum atomic E-state index is 0.0746. The first-order valence-corrected chi connectivity index (χ1v) is 8.15. The third-order valence-electron chi connectivity index (χ3n) is 2.95. The fourth-order valence-electron chi connectivity index (χ4n) is 1.96. The van der Waals surface area contributed by atoms with Crippen molar-refractivity contribution in [1.29, 1.82) is 0 Å². The van der Waals surface area contributed by atoms with Gasteiger partial charge >= 0.3 is 0 Å². The number of halogens is 1. The Morgan fingerprint density at radius 2 is 2.00 bits per heavy atom. The summed E-state index contributed by atoms with van der Waals surface area (Å²) in [7, 11) is 0. The maximum atomic E-state index is 12.6. The maximum absolute atomic E-state index is 12.6. The van der Waals surface area contributed by atoms with E-state index in [4.69, 9.17) is 5.73 Å². The Hall–Kier alpha value is -1.33. The molecule has 5 heteroatoms. The molecule has 0 spiro atoms. The summed E-state index contributed by atoms with van der Waals surface area (Å²) in [5.74, 6) is 0.0746. The number of carbonyl (C=O) groups excluding carboxylic acids is 1. The number of nitrogen functional groups attached to an aromatic ring is 1. The fourth-order valence-corrected chi connectivity index (χ4v) is 3.46. The van der Waals surface area contributed by atoms with Gasteiger partial charge in [-0.1, -0.05) is 19.1 Å². The highest BCUT2D eigenvalue weighted by Crippen LogP contribution is 2.25. The quantitative estimate of drug-likeness (QED) is 0.821. The van der Waals surface area contributed by atoms with Crippen LogP contribution in [0.1, 0.15) is 28.6 Å². The first-order valence-electron chi connectivity index (χ1n) is 6.48. The van der Waals surface area contributed by atoms with Crippen LogP contribution in [-0.2, 0) is 6.54 Å². The van der Waals surface area contributed by atoms with Crippen molar-refractivity contribution in [3.8, 4) is 0 Å². The number of nitrogens with zero attached hydrogens (tertiary/aromatic N) is 1. The molecule has 2 N–H and O–H groups in total. The Balaban J connectivity index is 2.16. The Bertz CT molecular complexity index is 580. The Kier molecular flexibility index (Phi) is 5.20. The van der Waals surface area contributed by atoms with Gasteiger partial charge in [-0.25, -0.2) is 0 Å². The first-order chi connectivity index (χ1) is 9.61. The molecule has 1 amide bonds. The number of hydrogen-bond acceptors (Lipinski definition) is 3. The van der Waals surface area contributed by atoms with Gasteiger partial charge in [0, 0.05) is 23.2 Å². The predicted octanol–water partition coefficient (Wildman–Crippen LogP) is 4.15. The van der Waals surface area contributed by atoms with Crippen LogP contribution in [0.4, 0.5) is 5.69 Å². The standard InChI is InChI=1S/C15H17BrN2OS/c1-2-8-18(10-11-3-5-12(17)6-4-11)15(19)14-13(16)7-9-20-14/h3-7,9H,2,8,10,17H2,1H3. The second-order valence-electron chi connectivity index (χ2n) is 4.57. The second-order valence-corrected chi connectivity index (χ2v) is 6.34. The van der Waals surface area contributed by atoms with Gasteiger partial charge in [0.2, 0.25) is 0 Å². The zero-order chi connectivity index (χ0) is 14.5. The molecular formula is C15H17BrN2OS. The SMILES string of the molecule is CCCN(Cc1ccc(N)cc1)C(=O)c1sccc1Br. The van der Waals surface area contributed by atoms with E-state index in [-0.39, 0.29) is 5.91 Å². The van der Waals surface area contributed by atoms with Crippen molar-refractivity contribution in [3.63, 3.8) is 0 Å². The van der Waals surface area contributed by atoms with Crippen LogP contribution < -0.4 is 5.73 Å². The summed E-state index contributed by atoms with van der Waals surface area (Å²) in [6.07, 6.45) is 0.934. The van der Waals surface area contributed by atoms with Crippen molar-refractivity contribution in [2.24, 2.45) is 0 Å². The maximum Gasteiger partial charge on any atom is 0.265 e. The number of thiophene rings is 1. The smallest absolute Gasteiger partial charge is 0.265 e. The molecule has 1 heterocycles. The molecule has 106 valence electrons. The highest BCUT2D eigenvalue weighted by atomic mass is 79.9. The largest absolute Gasteiger partial charge is 0.399 e. The molecule has 0 atom stereocenters. The summed E-state index contributed by atoms with van der Waals surface area (Å²) in [6, 6.07) is 9.57. The normalized spacial score (nSPS) is 10.5. The summed E-state index contributed by atoms with van der Waals surface area (Å²) < 4.78 is 0.867. The van der Waals surface area contributed by atoms with E-state index in [1.807, 2.05) is 40.6 Å². The highest BCUT2D eigenvalue weighted by molar-refractivity contribution is 9.10. The van der Waals surface area contributed by atoms with Gasteiger partial charge < -0.3 is 10.6 Å². The lowest BCUT2D eigenvalue weighted by Gasteiger charge is -2.22. The van der Waals surface area contributed by atoms with Crippen molar-refractivity contribution >= 4 is 38.9 Å². The molecule has 2 rings (SSSR count). The minimum absolute atomic E-state index is 0.0746. The molecule has 0 saturated carbocycles. The molecule has 0 unspecified atom stereocenters. The van der Waals surface area contributed by atoms with E-state index in [1.165, 1.54) is 11.3 Å². The molecule has 0 aliphatic heterocycles. The second kappa shape index (κ2) is 6.90. The molecular weight excluding hydrogens is 336 g/mol. The summed E-state index contributed by atoms with van der Waals surface area (Å²) in [5, 5.41) is 1.92. The lowest BCUT2D eigenvalue weighted by atomic mass is 10.2. The van der Waals surface area contributed by atoms with E-state index in [2.05, 4.69) is 22.9 Å². The molecule has 20 heavy (non-hydrogen) atoms. The van der Waals surface area contributed by atoms with Crippen LogP contribution in [-0.4, -0.2) is 17.4 Å². The molecule has 0 aliphatic carbocycles. The fraction of sp³-hybridized carbons (Fsp3) is 0.267. The average Bonchev–Trinajstić information content (AvgIpc) is 2.86. The molecule has 0 fully saturated rings. The third kappa shape index (κ3) is 3.61. The minimum Gasteiger partial charge on any atom is -0.399 e. The topological polar surface area (TPSA) is 46.3 Å². The van der Waals surface area contributed by atoms with Crippen LogP contribution in [0.5, 0.6) is 0 Å². The van der Waals surface area contributed by atoms with Crippen LogP contribution in [0.15, 0.2) is 40.2 Å². The Labute approximate surface area is 131 Å². The van der Waals surface area contributed by atoms with Crippen molar-refractivity contribution in [2.45, 2.75) is 19.9 Å². The lowest BCUT2D eigenvalue weighted by molar-refractivity contribution is 0.0747. The van der Waals surface area contributed by atoms with Gasteiger partial charge in [-0.05, 0) is 51.5 Å². The average molecular weight is 353 g/mol. The van der Waals surface area contributed by atoms with E-state index in [9.17, 15) is 4.79 Å². The predicted molar refractivity (Wildman–Crippen MR) is 87.9 cm³/mol. The molecule has 0 radical (unpaired) electrons. The number of nitrogens with two attached hydrogens (primary N) is 1. The Morgan fingerprint density at radius 3 is 2.55 bits per heavy atom. The van der Waals surface area contributed by atoms with E-state index in [0.29, 0.717) is 6.54 Å². The number of anilines is 1. The lowest BCUT2D eigenvalue weighted by Crippen LogP contribution is -2.30. The van der Waals surface area contributed by atoms with Crippen molar-refractivity contribution in [1.82, 2.24) is 4.90 Å². The zero-order valence-corrected chi connectivity index (χ0v) is 13.7. The van der Waals surface area contributed by atoms with Crippen molar-refractivity contribution in [2.75, 3.05) is 12.3 Å². The van der Waals surface area contributed by atoms with Crippen LogP contribution >= 0.6 is 27.3 Å². The number of benzene rings is 1. The summed E-state index contributed by atoms with van der Waals surface area (Å²) in [4.78, 5) is 15.2. The van der Waals surface area contributed by atoms with E-state index in [0.717, 1.165) is 33.6 Å². The summed E-state index contributed by atoms with van der Waals surface area (Å²) >= 11 is 4.89. The number of amides is 1. The first kappa shape index (κ1) is 15.1. The molecule has 3 nitrogen and oxygen atoms in total. The molecule has 0 saturated heterocycles. The highest BCUT2D eigenvalue weighted by Gasteiger charge is 2.19. The molecule has 2 aromatic rings. The van der Waals surface area contributed by atoms with E-state index in [1.54, 1.807) is 0 Å². The van der Waals surface area contributed by atoms with Gasteiger partial charge in [0.05, 0.1) is 0 Å². The van der Waals surface area contributed by atoms with Crippen molar-refractivity contribution < 1.29 is 4.79 Å². The van der Waals surface area contributed by atoms with Gasteiger partial charge in [0.15, 0.2) is 0 Å². The number of rotatable bonds is 5. The summed E-state index contributed by atoms with van der Waals surface area (Å²) in [6.45, 7) is 3.43. The van der Waals surface area contributed by atoms with E-state index < -0.39 is 0 Å². The van der Waals surface area contributed by atoms with Gasteiger partial charge in [-0.15, -0.1) is 11.3 Å². The third-order valence-corrected chi connectivity index (χ3v) is 4.77. The molecule has 1 aromatic heterocycles. The monoisotopic (exact) mass is 352 g/mol. The molecule has 1 aromatic carbocycles. The van der Waals surface area contributed by atoms with Crippen LogP contribution in [0.3, 0.4) is 0 Å². The van der Waals surface area contributed by atoms with Gasteiger partial charge in [0.1, 0.15) is 4.88 Å². The van der Waals surface area contributed by atoms with Gasteiger partial charge in [-0.3, -0.25) is 4.79 Å². The van der Waals surface area contributed by atoms with Crippen LogP contribution in [0.25, 0.3) is 0 Å². The van der Waals surface area contributed by atoms with Crippen molar-refractivity contribution in [3.05, 3.63) is 50.6 Å². The zero-order valence-electron chi connectivity index (χ0n) is 11.3. The Morgan fingerprint density at radius 1 is 1.30 bits per heavy atom. The van der Waals surface area contributed by atoms with Crippen LogP contribution in [0.2, 0.25) is 0 Å². The van der Waals surface area contributed by atoms with E-state index >= 15 is 0 Å². The van der Waals surface area contributed by atoms with Crippen LogP contribution in [0, 0.1) is 0 Å². The van der Waals surface area contributed by atoms with Gasteiger partial charge in [0.25, 0.3) is 5.91 Å². The summed E-state index contributed by atoms with van der Waals surface area (Å²) in [5.41, 5.74) is 7.52. The number of carbonyl (C=O) groups is 1.